The van der Waals surface area contributed by atoms with E-state index in [9.17, 15) is 26.7 Å². The lowest BCUT2D eigenvalue weighted by atomic mass is 10.1. The smallest absolute Gasteiger partial charge is 0.349 e. The van der Waals surface area contributed by atoms with Crippen molar-refractivity contribution in [2.24, 2.45) is 0 Å². The second kappa shape index (κ2) is 5.80. The lowest BCUT2D eigenvalue weighted by Crippen LogP contribution is -2.17. The molecule has 0 atom stereocenters. The number of carbonyl (C=O) groups excluding carboxylic acids is 1. The molecule has 0 saturated heterocycles. The number of hydrogen-bond donors (Lipinski definition) is 0. The fourth-order valence-corrected chi connectivity index (χ4v) is 1.71. The quantitative estimate of drug-likeness (QED) is 0.259. The molecule has 0 spiro atoms. The van der Waals surface area contributed by atoms with E-state index in [1.165, 1.54) is 24.3 Å². The number of carbonyl (C=O) groups is 1. The molecule has 0 bridgehead atoms. The molecule has 0 unspecified atom stereocenters. The molecule has 0 radical (unpaired) electrons. The first-order valence-electron chi connectivity index (χ1n) is 5.32. The molecule has 110 valence electrons. The van der Waals surface area contributed by atoms with Crippen molar-refractivity contribution in [1.82, 2.24) is 0 Å². The van der Waals surface area contributed by atoms with Gasteiger partial charge in [-0.05, 0) is 24.3 Å². The number of esters is 1. The third kappa shape index (κ3) is 2.90. The van der Waals surface area contributed by atoms with Crippen LogP contribution in [-0.4, -0.2) is 5.97 Å². The van der Waals surface area contributed by atoms with Crippen molar-refractivity contribution >= 4 is 21.9 Å². The molecule has 2 aromatic carbocycles. The van der Waals surface area contributed by atoms with Gasteiger partial charge in [-0.15, -0.1) is 0 Å². The highest BCUT2D eigenvalue weighted by Crippen LogP contribution is 2.25. The molecule has 0 N–H and O–H groups in total. The Kier molecular flexibility index (Phi) is 4.26. The number of benzene rings is 2. The van der Waals surface area contributed by atoms with Crippen LogP contribution in [0.25, 0.3) is 0 Å². The van der Waals surface area contributed by atoms with Gasteiger partial charge in [-0.2, -0.15) is 0 Å². The Balaban J connectivity index is 2.42. The van der Waals surface area contributed by atoms with Gasteiger partial charge in [0.2, 0.25) is 5.82 Å². The summed E-state index contributed by atoms with van der Waals surface area (Å²) in [5.74, 6) is -13.1. The van der Waals surface area contributed by atoms with Gasteiger partial charge in [-0.1, -0.05) is 15.9 Å². The van der Waals surface area contributed by atoms with Gasteiger partial charge in [0, 0.05) is 4.47 Å². The lowest BCUT2D eigenvalue weighted by Gasteiger charge is -2.08. The molecule has 0 aliphatic rings. The molecular weight excluding hydrogens is 363 g/mol. The Hall–Kier alpha value is -1.96. The van der Waals surface area contributed by atoms with Gasteiger partial charge in [0.15, 0.2) is 23.3 Å². The number of hydrogen-bond acceptors (Lipinski definition) is 2. The summed E-state index contributed by atoms with van der Waals surface area (Å²) in [6.07, 6.45) is 0. The zero-order valence-corrected chi connectivity index (χ0v) is 11.5. The predicted molar refractivity (Wildman–Crippen MR) is 65.3 cm³/mol. The van der Waals surface area contributed by atoms with E-state index >= 15 is 0 Å². The molecule has 0 aromatic heterocycles. The molecule has 0 heterocycles. The molecule has 21 heavy (non-hydrogen) atoms. The summed E-state index contributed by atoms with van der Waals surface area (Å²) in [6.45, 7) is 0. The van der Waals surface area contributed by atoms with E-state index in [1.54, 1.807) is 0 Å². The van der Waals surface area contributed by atoms with Gasteiger partial charge < -0.3 is 4.74 Å². The van der Waals surface area contributed by atoms with Crippen LogP contribution in [0.5, 0.6) is 5.75 Å². The normalized spacial score (nSPS) is 10.6. The molecule has 0 amide bonds. The zero-order valence-electron chi connectivity index (χ0n) is 9.89. The summed E-state index contributed by atoms with van der Waals surface area (Å²) in [5.41, 5.74) is -1.64. The fraction of sp³-hybridized carbons (Fsp3) is 0. The van der Waals surface area contributed by atoms with Crippen LogP contribution in [-0.2, 0) is 0 Å². The molecule has 2 rings (SSSR count). The molecule has 2 nitrogen and oxygen atoms in total. The van der Waals surface area contributed by atoms with Crippen molar-refractivity contribution in [3.05, 3.63) is 63.4 Å². The Labute approximate surface area is 123 Å². The SMILES string of the molecule is O=C(Oc1ccc(Br)cc1)c1c(F)c(F)c(F)c(F)c1F. The van der Waals surface area contributed by atoms with Crippen LogP contribution in [0, 0.1) is 29.1 Å². The average molecular weight is 367 g/mol. The first-order valence-corrected chi connectivity index (χ1v) is 6.11. The summed E-state index contributed by atoms with van der Waals surface area (Å²) in [6, 6.07) is 5.46. The molecule has 0 fully saturated rings. The van der Waals surface area contributed by atoms with E-state index in [-0.39, 0.29) is 5.75 Å². The van der Waals surface area contributed by atoms with Crippen LogP contribution in [0.1, 0.15) is 10.4 Å². The van der Waals surface area contributed by atoms with Crippen LogP contribution in [0.4, 0.5) is 22.0 Å². The minimum Gasteiger partial charge on any atom is -0.423 e. The van der Waals surface area contributed by atoms with Crippen LogP contribution < -0.4 is 4.74 Å². The maximum Gasteiger partial charge on any atom is 0.349 e. The van der Waals surface area contributed by atoms with Gasteiger partial charge in [0.05, 0.1) is 0 Å². The van der Waals surface area contributed by atoms with E-state index in [2.05, 4.69) is 20.7 Å². The minimum absolute atomic E-state index is 0.118. The second-order valence-corrected chi connectivity index (χ2v) is 4.70. The second-order valence-electron chi connectivity index (χ2n) is 3.79. The third-order valence-corrected chi connectivity index (χ3v) is 2.97. The number of halogens is 6. The van der Waals surface area contributed by atoms with E-state index in [0.29, 0.717) is 4.47 Å². The van der Waals surface area contributed by atoms with Crippen LogP contribution in [0.2, 0.25) is 0 Å². The molecule has 0 saturated carbocycles. The van der Waals surface area contributed by atoms with Gasteiger partial charge >= 0.3 is 5.97 Å². The summed E-state index contributed by atoms with van der Waals surface area (Å²) in [7, 11) is 0. The number of ether oxygens (including phenoxy) is 1. The standard InChI is InChI=1S/C13H4BrF5O2/c14-5-1-3-6(4-2-5)21-13(20)7-8(15)10(17)12(19)11(18)9(7)16/h1-4H. The summed E-state index contributed by atoms with van der Waals surface area (Å²) in [4.78, 5) is 11.6. The van der Waals surface area contributed by atoms with E-state index in [0.717, 1.165) is 0 Å². The van der Waals surface area contributed by atoms with Gasteiger partial charge in [0.1, 0.15) is 11.3 Å². The summed E-state index contributed by atoms with van der Waals surface area (Å²) >= 11 is 3.11. The van der Waals surface area contributed by atoms with Gasteiger partial charge in [-0.25, -0.2) is 26.7 Å². The molecular formula is C13H4BrF5O2. The number of rotatable bonds is 2. The monoisotopic (exact) mass is 366 g/mol. The van der Waals surface area contributed by atoms with Crippen molar-refractivity contribution in [3.63, 3.8) is 0 Å². The minimum atomic E-state index is -2.34. The van der Waals surface area contributed by atoms with Crippen LogP contribution >= 0.6 is 15.9 Å². The first-order chi connectivity index (χ1) is 9.82. The van der Waals surface area contributed by atoms with E-state index in [4.69, 9.17) is 0 Å². The zero-order chi connectivity index (χ0) is 15.7. The largest absolute Gasteiger partial charge is 0.423 e. The predicted octanol–water partition coefficient (Wildman–Crippen LogP) is 4.36. The van der Waals surface area contributed by atoms with E-state index in [1.807, 2.05) is 0 Å². The maximum atomic E-state index is 13.4. The van der Waals surface area contributed by atoms with Crippen molar-refractivity contribution in [3.8, 4) is 5.75 Å². The Morgan fingerprint density at radius 1 is 0.810 bits per heavy atom. The van der Waals surface area contributed by atoms with Crippen molar-refractivity contribution in [2.45, 2.75) is 0 Å². The topological polar surface area (TPSA) is 26.3 Å². The molecule has 2 aromatic rings. The fourth-order valence-electron chi connectivity index (χ4n) is 1.44. The summed E-state index contributed by atoms with van der Waals surface area (Å²) in [5, 5.41) is 0. The Morgan fingerprint density at radius 2 is 1.24 bits per heavy atom. The first kappa shape index (κ1) is 15.4. The van der Waals surface area contributed by atoms with Gasteiger partial charge in [0.25, 0.3) is 0 Å². The van der Waals surface area contributed by atoms with E-state index < -0.39 is 40.6 Å². The molecule has 0 aliphatic carbocycles. The lowest BCUT2D eigenvalue weighted by molar-refractivity contribution is 0.0721. The van der Waals surface area contributed by atoms with Crippen molar-refractivity contribution < 1.29 is 31.5 Å². The van der Waals surface area contributed by atoms with Gasteiger partial charge in [-0.3, -0.25) is 0 Å². The molecule has 0 aliphatic heterocycles. The highest BCUT2D eigenvalue weighted by molar-refractivity contribution is 9.10. The molecule has 8 heteroatoms. The third-order valence-electron chi connectivity index (χ3n) is 2.44. The van der Waals surface area contributed by atoms with Crippen molar-refractivity contribution in [2.75, 3.05) is 0 Å². The highest BCUT2D eigenvalue weighted by Gasteiger charge is 2.30. The van der Waals surface area contributed by atoms with Crippen LogP contribution in [0.3, 0.4) is 0 Å². The average Bonchev–Trinajstić information content (AvgIpc) is 2.46. The maximum absolute atomic E-state index is 13.4. The van der Waals surface area contributed by atoms with Crippen LogP contribution in [0.15, 0.2) is 28.7 Å². The summed E-state index contributed by atoms with van der Waals surface area (Å²) < 4.78 is 70.8. The van der Waals surface area contributed by atoms with Crippen molar-refractivity contribution in [1.29, 1.82) is 0 Å². The highest BCUT2D eigenvalue weighted by atomic mass is 79.9. The Morgan fingerprint density at radius 3 is 1.71 bits per heavy atom. The Bertz CT molecular complexity index is 686.